The van der Waals surface area contributed by atoms with Gasteiger partial charge in [0.05, 0.1) is 13.7 Å². The summed E-state index contributed by atoms with van der Waals surface area (Å²) in [6.45, 7) is 7.37. The van der Waals surface area contributed by atoms with Crippen molar-refractivity contribution in [3.63, 3.8) is 0 Å². The average molecular weight is 305 g/mol. The summed E-state index contributed by atoms with van der Waals surface area (Å²) in [4.78, 5) is 15.6. The maximum absolute atomic E-state index is 12.5. The van der Waals surface area contributed by atoms with Gasteiger partial charge in [0.2, 0.25) is 0 Å². The molecule has 0 saturated heterocycles. The lowest BCUT2D eigenvalue weighted by atomic mass is 9.72. The van der Waals surface area contributed by atoms with E-state index in [1.165, 1.54) is 0 Å². The van der Waals surface area contributed by atoms with Crippen LogP contribution in [0.5, 0.6) is 5.75 Å². The van der Waals surface area contributed by atoms with Gasteiger partial charge >= 0.3 is 5.97 Å². The summed E-state index contributed by atoms with van der Waals surface area (Å²) in [6.07, 6.45) is 1.66. The number of benzene rings is 1. The molecule has 120 valence electrons. The second kappa shape index (κ2) is 5.65. The summed E-state index contributed by atoms with van der Waals surface area (Å²) in [5, 5.41) is 12.0. The van der Waals surface area contributed by atoms with Crippen LogP contribution in [0, 0.1) is 5.41 Å². The number of aliphatic hydroxyl groups is 1. The minimum Gasteiger partial charge on any atom is -0.497 e. The zero-order chi connectivity index (χ0) is 16.5. The first-order chi connectivity index (χ1) is 10.3. The number of fused-ring (bicyclic) bond motifs is 1. The molecule has 0 aliphatic rings. The number of hydrogen-bond acceptors (Lipinski definition) is 4. The summed E-state index contributed by atoms with van der Waals surface area (Å²) in [5.74, 6) is 0.0653. The van der Waals surface area contributed by atoms with Crippen LogP contribution in [-0.2, 0) is 15.1 Å². The third-order valence-corrected chi connectivity index (χ3v) is 3.93. The molecule has 22 heavy (non-hydrogen) atoms. The Morgan fingerprint density at radius 3 is 2.55 bits per heavy atom. The molecule has 0 aliphatic heterocycles. The zero-order valence-corrected chi connectivity index (χ0v) is 13.7. The lowest BCUT2D eigenvalue weighted by Gasteiger charge is -2.37. The molecule has 5 nitrogen and oxygen atoms in total. The molecule has 0 aliphatic carbocycles. The van der Waals surface area contributed by atoms with Crippen molar-refractivity contribution in [1.82, 2.24) is 4.98 Å². The van der Waals surface area contributed by atoms with Gasteiger partial charge in [0.1, 0.15) is 5.75 Å². The fraction of sp³-hybridized carbons (Fsp3) is 0.471. The lowest BCUT2D eigenvalue weighted by molar-refractivity contribution is -0.179. The van der Waals surface area contributed by atoms with Crippen molar-refractivity contribution in [2.75, 3.05) is 13.7 Å². The number of rotatable bonds is 4. The van der Waals surface area contributed by atoms with Crippen molar-refractivity contribution in [3.05, 3.63) is 30.0 Å². The Kier molecular flexibility index (Phi) is 4.20. The standard InChI is InChI=1S/C17H23NO4/c1-6-22-15(19)17(20,16(2,3)4)13-10-18-14-9-11(21-5)7-8-12(13)14/h7-10,18,20H,6H2,1-5H3/t17-/m0/s1. The second-order valence-corrected chi connectivity index (χ2v) is 6.29. The Hall–Kier alpha value is -2.01. The van der Waals surface area contributed by atoms with E-state index in [0.29, 0.717) is 11.3 Å². The first kappa shape index (κ1) is 16.4. The van der Waals surface area contributed by atoms with Gasteiger partial charge in [-0.3, -0.25) is 0 Å². The van der Waals surface area contributed by atoms with E-state index in [1.54, 1.807) is 26.3 Å². The van der Waals surface area contributed by atoms with E-state index in [-0.39, 0.29) is 6.61 Å². The van der Waals surface area contributed by atoms with Gasteiger partial charge in [0.15, 0.2) is 5.60 Å². The van der Waals surface area contributed by atoms with Crippen molar-refractivity contribution >= 4 is 16.9 Å². The second-order valence-electron chi connectivity index (χ2n) is 6.29. The van der Waals surface area contributed by atoms with Crippen LogP contribution >= 0.6 is 0 Å². The van der Waals surface area contributed by atoms with Gasteiger partial charge in [-0.2, -0.15) is 0 Å². The number of methoxy groups -OCH3 is 1. The van der Waals surface area contributed by atoms with Crippen LogP contribution in [0.3, 0.4) is 0 Å². The fourth-order valence-electron chi connectivity index (χ4n) is 2.59. The molecule has 0 radical (unpaired) electrons. The molecule has 0 fully saturated rings. The highest BCUT2D eigenvalue weighted by molar-refractivity contribution is 5.92. The van der Waals surface area contributed by atoms with E-state index in [1.807, 2.05) is 32.9 Å². The van der Waals surface area contributed by atoms with Crippen LogP contribution in [0.1, 0.15) is 33.3 Å². The zero-order valence-electron chi connectivity index (χ0n) is 13.7. The van der Waals surface area contributed by atoms with Gasteiger partial charge in [-0.25, -0.2) is 4.79 Å². The molecular weight excluding hydrogens is 282 g/mol. The maximum Gasteiger partial charge on any atom is 0.343 e. The van der Waals surface area contributed by atoms with Crippen molar-refractivity contribution in [1.29, 1.82) is 0 Å². The number of esters is 1. The number of nitrogens with one attached hydrogen (secondary N) is 1. The molecular formula is C17H23NO4. The number of aromatic nitrogens is 1. The van der Waals surface area contributed by atoms with Crippen LogP contribution in [0.15, 0.2) is 24.4 Å². The average Bonchev–Trinajstić information content (AvgIpc) is 2.88. The molecule has 1 aromatic carbocycles. The third kappa shape index (κ3) is 2.46. The van der Waals surface area contributed by atoms with E-state index in [4.69, 9.17) is 9.47 Å². The molecule has 0 spiro atoms. The number of aromatic amines is 1. The van der Waals surface area contributed by atoms with E-state index in [9.17, 15) is 9.90 Å². The number of carbonyl (C=O) groups is 1. The summed E-state index contributed by atoms with van der Waals surface area (Å²) in [6, 6.07) is 5.46. The maximum atomic E-state index is 12.5. The molecule has 0 amide bonds. The first-order valence-corrected chi connectivity index (χ1v) is 7.31. The highest BCUT2D eigenvalue weighted by Gasteiger charge is 2.51. The van der Waals surface area contributed by atoms with Crippen molar-refractivity contribution in [2.45, 2.75) is 33.3 Å². The Balaban J connectivity index is 2.65. The van der Waals surface area contributed by atoms with Crippen molar-refractivity contribution in [2.24, 2.45) is 5.41 Å². The Labute approximate surface area is 130 Å². The van der Waals surface area contributed by atoms with Crippen LogP contribution < -0.4 is 4.74 Å². The molecule has 2 aromatic rings. The summed E-state index contributed by atoms with van der Waals surface area (Å²) in [7, 11) is 1.59. The summed E-state index contributed by atoms with van der Waals surface area (Å²) < 4.78 is 10.3. The summed E-state index contributed by atoms with van der Waals surface area (Å²) >= 11 is 0. The molecule has 0 saturated carbocycles. The predicted octanol–water partition coefficient (Wildman–Crippen LogP) is 2.97. The minimum atomic E-state index is -1.74. The van der Waals surface area contributed by atoms with Gasteiger partial charge < -0.3 is 19.6 Å². The Morgan fingerprint density at radius 2 is 2.00 bits per heavy atom. The predicted molar refractivity (Wildman–Crippen MR) is 84.8 cm³/mol. The highest BCUT2D eigenvalue weighted by Crippen LogP contribution is 2.43. The summed E-state index contributed by atoms with van der Waals surface area (Å²) in [5.41, 5.74) is -1.16. The lowest BCUT2D eigenvalue weighted by Crippen LogP contribution is -2.48. The third-order valence-electron chi connectivity index (χ3n) is 3.93. The van der Waals surface area contributed by atoms with E-state index in [0.717, 1.165) is 10.9 Å². The molecule has 1 heterocycles. The highest BCUT2D eigenvalue weighted by atomic mass is 16.5. The smallest absolute Gasteiger partial charge is 0.343 e. The van der Waals surface area contributed by atoms with Gasteiger partial charge in [-0.05, 0) is 19.1 Å². The van der Waals surface area contributed by atoms with Crippen LogP contribution in [0.2, 0.25) is 0 Å². The molecule has 0 unspecified atom stereocenters. The van der Waals surface area contributed by atoms with E-state index in [2.05, 4.69) is 4.98 Å². The largest absolute Gasteiger partial charge is 0.497 e. The van der Waals surface area contributed by atoms with Crippen LogP contribution in [-0.4, -0.2) is 29.8 Å². The van der Waals surface area contributed by atoms with E-state index >= 15 is 0 Å². The van der Waals surface area contributed by atoms with Crippen molar-refractivity contribution in [3.8, 4) is 5.75 Å². The molecule has 1 atom stereocenters. The van der Waals surface area contributed by atoms with Gasteiger partial charge in [-0.15, -0.1) is 0 Å². The van der Waals surface area contributed by atoms with Gasteiger partial charge in [-0.1, -0.05) is 20.8 Å². The number of hydrogen-bond donors (Lipinski definition) is 2. The SMILES string of the molecule is CCOC(=O)[C@@](O)(c1c[nH]c2cc(OC)ccc12)C(C)(C)C. The molecule has 1 aromatic heterocycles. The monoisotopic (exact) mass is 305 g/mol. The van der Waals surface area contributed by atoms with Crippen molar-refractivity contribution < 1.29 is 19.4 Å². The minimum absolute atomic E-state index is 0.216. The Bertz CT molecular complexity index is 684. The van der Waals surface area contributed by atoms with Gasteiger partial charge in [0, 0.05) is 34.1 Å². The quantitative estimate of drug-likeness (QED) is 0.852. The normalized spacial score (nSPS) is 14.6. The van der Waals surface area contributed by atoms with Gasteiger partial charge in [0.25, 0.3) is 0 Å². The molecule has 5 heteroatoms. The van der Waals surface area contributed by atoms with E-state index < -0.39 is 17.0 Å². The molecule has 2 rings (SSSR count). The molecule has 2 N–H and O–H groups in total. The Morgan fingerprint density at radius 1 is 1.32 bits per heavy atom. The number of H-pyrrole nitrogens is 1. The fourth-order valence-corrected chi connectivity index (χ4v) is 2.59. The topological polar surface area (TPSA) is 71.5 Å². The van der Waals surface area contributed by atoms with Crippen LogP contribution in [0.4, 0.5) is 0 Å². The molecule has 0 bridgehead atoms. The number of carbonyl (C=O) groups excluding carboxylic acids is 1. The van der Waals surface area contributed by atoms with Crippen LogP contribution in [0.25, 0.3) is 10.9 Å². The number of ether oxygens (including phenoxy) is 2. The first-order valence-electron chi connectivity index (χ1n) is 7.31.